The zero-order valence-electron chi connectivity index (χ0n) is 11.4. The zero-order chi connectivity index (χ0) is 13.5. The molecule has 1 N–H and O–H groups in total. The van der Waals surface area contributed by atoms with Crippen molar-refractivity contribution in [3.8, 4) is 0 Å². The summed E-state index contributed by atoms with van der Waals surface area (Å²) in [5.41, 5.74) is 1.26. The van der Waals surface area contributed by atoms with E-state index in [0.717, 1.165) is 25.0 Å². The van der Waals surface area contributed by atoms with Crippen LogP contribution in [0.1, 0.15) is 25.3 Å². The van der Waals surface area contributed by atoms with Crippen molar-refractivity contribution in [3.63, 3.8) is 0 Å². The lowest BCUT2D eigenvalue weighted by Crippen LogP contribution is -2.35. The topological polar surface area (TPSA) is 38.3 Å². The third-order valence-corrected chi connectivity index (χ3v) is 4.06. The van der Waals surface area contributed by atoms with Crippen molar-refractivity contribution in [1.29, 1.82) is 0 Å². The molecule has 0 spiro atoms. The summed E-state index contributed by atoms with van der Waals surface area (Å²) < 4.78 is 5.35. The fourth-order valence-electron chi connectivity index (χ4n) is 2.15. The third kappa shape index (κ3) is 4.55. The number of ether oxygens (including phenoxy) is 1. The summed E-state index contributed by atoms with van der Waals surface area (Å²) in [5.74, 6) is 1.13. The van der Waals surface area contributed by atoms with E-state index < -0.39 is 0 Å². The summed E-state index contributed by atoms with van der Waals surface area (Å²) in [6.45, 7) is 3.55. The maximum Gasteiger partial charge on any atom is 0.249 e. The van der Waals surface area contributed by atoms with Crippen molar-refractivity contribution in [1.82, 2.24) is 5.32 Å². The number of hydrogen-bond donors (Lipinski definition) is 1. The first-order valence-corrected chi connectivity index (χ1v) is 7.89. The van der Waals surface area contributed by atoms with Crippen LogP contribution in [0.4, 0.5) is 0 Å². The fraction of sp³-hybridized carbons (Fsp3) is 0.533. The van der Waals surface area contributed by atoms with Gasteiger partial charge < -0.3 is 10.1 Å². The maximum absolute atomic E-state index is 11.7. The summed E-state index contributed by atoms with van der Waals surface area (Å²) in [4.78, 5) is 13.0. The number of benzene rings is 1. The number of hydrogen-bond acceptors (Lipinski definition) is 3. The second-order valence-electron chi connectivity index (χ2n) is 4.62. The Morgan fingerprint density at radius 3 is 2.84 bits per heavy atom. The zero-order valence-corrected chi connectivity index (χ0v) is 12.2. The highest BCUT2D eigenvalue weighted by Crippen LogP contribution is 2.17. The molecule has 0 aliphatic carbocycles. The van der Waals surface area contributed by atoms with Gasteiger partial charge in [0.25, 0.3) is 0 Å². The van der Waals surface area contributed by atoms with E-state index in [0.29, 0.717) is 13.2 Å². The number of thioether (sulfide) groups is 1. The fourth-order valence-corrected chi connectivity index (χ4v) is 2.81. The molecule has 1 aliphatic rings. The normalized spacial score (nSPS) is 18.5. The van der Waals surface area contributed by atoms with Crippen molar-refractivity contribution in [3.05, 3.63) is 29.8 Å². The van der Waals surface area contributed by atoms with Crippen LogP contribution in [0.25, 0.3) is 0 Å². The second-order valence-corrected chi connectivity index (χ2v) is 5.96. The molecule has 104 valence electrons. The molecule has 1 aromatic carbocycles. The SMILES string of the molecule is CCSc1ccc(CCNC(=O)C2CCCO2)cc1. The van der Waals surface area contributed by atoms with Crippen LogP contribution >= 0.6 is 11.8 Å². The van der Waals surface area contributed by atoms with Gasteiger partial charge in [-0.05, 0) is 42.7 Å². The van der Waals surface area contributed by atoms with Gasteiger partial charge in [-0.25, -0.2) is 0 Å². The van der Waals surface area contributed by atoms with Crippen molar-refractivity contribution in [2.24, 2.45) is 0 Å². The van der Waals surface area contributed by atoms with Crippen molar-refractivity contribution < 1.29 is 9.53 Å². The van der Waals surface area contributed by atoms with Gasteiger partial charge in [0.15, 0.2) is 0 Å². The third-order valence-electron chi connectivity index (χ3n) is 3.17. The van der Waals surface area contributed by atoms with E-state index in [4.69, 9.17) is 4.74 Å². The molecule has 0 radical (unpaired) electrons. The van der Waals surface area contributed by atoms with E-state index in [9.17, 15) is 4.79 Å². The van der Waals surface area contributed by atoms with E-state index in [1.807, 2.05) is 11.8 Å². The number of amides is 1. The van der Waals surface area contributed by atoms with Gasteiger partial charge in [-0.3, -0.25) is 4.79 Å². The Bertz CT molecular complexity index is 399. The first-order valence-electron chi connectivity index (χ1n) is 6.90. The van der Waals surface area contributed by atoms with E-state index in [2.05, 4.69) is 36.5 Å². The highest BCUT2D eigenvalue weighted by atomic mass is 32.2. The smallest absolute Gasteiger partial charge is 0.249 e. The van der Waals surface area contributed by atoms with Crippen LogP contribution in [0.5, 0.6) is 0 Å². The van der Waals surface area contributed by atoms with Gasteiger partial charge in [0.05, 0.1) is 0 Å². The molecule has 1 heterocycles. The minimum absolute atomic E-state index is 0.0376. The Balaban J connectivity index is 1.71. The van der Waals surface area contributed by atoms with Crippen molar-refractivity contribution in [2.75, 3.05) is 18.9 Å². The van der Waals surface area contributed by atoms with E-state index in [1.165, 1.54) is 10.5 Å². The number of carbonyl (C=O) groups is 1. The van der Waals surface area contributed by atoms with Gasteiger partial charge in [0.1, 0.15) is 6.10 Å². The molecular weight excluding hydrogens is 258 g/mol. The first-order chi connectivity index (χ1) is 9.29. The molecule has 1 aromatic rings. The number of rotatable bonds is 6. The predicted octanol–water partition coefficient (Wildman–Crippen LogP) is 2.64. The molecule has 0 aromatic heterocycles. The maximum atomic E-state index is 11.7. The summed E-state index contributed by atoms with van der Waals surface area (Å²) in [6, 6.07) is 8.56. The summed E-state index contributed by atoms with van der Waals surface area (Å²) >= 11 is 1.84. The largest absolute Gasteiger partial charge is 0.368 e. The Kier molecular flexibility index (Phi) is 5.73. The number of nitrogens with one attached hydrogen (secondary N) is 1. The summed E-state index contributed by atoms with van der Waals surface area (Å²) in [7, 11) is 0. The van der Waals surface area contributed by atoms with Gasteiger partial charge in [0.2, 0.25) is 5.91 Å². The average Bonchev–Trinajstić information content (AvgIpc) is 2.95. The van der Waals surface area contributed by atoms with E-state index in [1.54, 1.807) is 0 Å². The molecular formula is C15H21NO2S. The van der Waals surface area contributed by atoms with Gasteiger partial charge in [0, 0.05) is 18.0 Å². The predicted molar refractivity (Wildman–Crippen MR) is 78.5 cm³/mol. The molecule has 19 heavy (non-hydrogen) atoms. The highest BCUT2D eigenvalue weighted by Gasteiger charge is 2.22. The molecule has 1 unspecified atom stereocenters. The van der Waals surface area contributed by atoms with E-state index in [-0.39, 0.29) is 12.0 Å². The van der Waals surface area contributed by atoms with Crippen LogP contribution < -0.4 is 5.32 Å². The molecule has 0 bridgehead atoms. The Hall–Kier alpha value is -1.00. The highest BCUT2D eigenvalue weighted by molar-refractivity contribution is 7.99. The molecule has 3 nitrogen and oxygen atoms in total. The summed E-state index contributed by atoms with van der Waals surface area (Å²) in [6.07, 6.45) is 2.50. The average molecular weight is 279 g/mol. The van der Waals surface area contributed by atoms with Gasteiger partial charge in [-0.1, -0.05) is 19.1 Å². The Morgan fingerprint density at radius 1 is 1.42 bits per heavy atom. The van der Waals surface area contributed by atoms with Crippen LogP contribution in [0.3, 0.4) is 0 Å². The quantitative estimate of drug-likeness (QED) is 0.814. The minimum Gasteiger partial charge on any atom is -0.368 e. The lowest BCUT2D eigenvalue weighted by atomic mass is 10.1. The van der Waals surface area contributed by atoms with Crippen molar-refractivity contribution >= 4 is 17.7 Å². The molecule has 1 fully saturated rings. The molecule has 4 heteroatoms. The minimum atomic E-state index is -0.219. The van der Waals surface area contributed by atoms with Crippen LogP contribution in [0.15, 0.2) is 29.2 Å². The van der Waals surface area contributed by atoms with Crippen LogP contribution in [-0.2, 0) is 16.0 Å². The molecule has 0 saturated carbocycles. The first kappa shape index (κ1) is 14.4. The van der Waals surface area contributed by atoms with Gasteiger partial charge in [-0.2, -0.15) is 0 Å². The lowest BCUT2D eigenvalue weighted by Gasteiger charge is -2.10. The van der Waals surface area contributed by atoms with Gasteiger partial charge in [-0.15, -0.1) is 11.8 Å². The lowest BCUT2D eigenvalue weighted by molar-refractivity contribution is -0.129. The van der Waals surface area contributed by atoms with Gasteiger partial charge >= 0.3 is 0 Å². The number of carbonyl (C=O) groups excluding carboxylic acids is 1. The van der Waals surface area contributed by atoms with Crippen LogP contribution in [-0.4, -0.2) is 30.9 Å². The molecule has 1 atom stereocenters. The molecule has 1 amide bonds. The standard InChI is InChI=1S/C15H21NO2S/c1-2-19-13-7-5-12(6-8-13)9-10-16-15(17)14-4-3-11-18-14/h5-8,14H,2-4,9-11H2,1H3,(H,16,17). The molecule has 1 aliphatic heterocycles. The molecule has 2 rings (SSSR count). The van der Waals surface area contributed by atoms with Crippen LogP contribution in [0.2, 0.25) is 0 Å². The monoisotopic (exact) mass is 279 g/mol. The van der Waals surface area contributed by atoms with Crippen LogP contribution in [0, 0.1) is 0 Å². The Morgan fingerprint density at radius 2 is 2.21 bits per heavy atom. The second kappa shape index (κ2) is 7.56. The Labute approximate surface area is 119 Å². The molecule has 1 saturated heterocycles. The van der Waals surface area contributed by atoms with Crippen molar-refractivity contribution in [2.45, 2.75) is 37.2 Å². The summed E-state index contributed by atoms with van der Waals surface area (Å²) in [5, 5.41) is 2.94. The van der Waals surface area contributed by atoms with E-state index >= 15 is 0 Å².